The van der Waals surface area contributed by atoms with E-state index in [4.69, 9.17) is 4.74 Å². The molecule has 1 aromatic rings. The Bertz CT molecular complexity index is 559. The number of nitrogens with one attached hydrogen (secondary N) is 1. The normalized spacial score (nSPS) is 31.1. The highest BCUT2D eigenvalue weighted by molar-refractivity contribution is 5.79. The Morgan fingerprint density at radius 3 is 2.92 bits per heavy atom. The monoisotopic (exact) mass is 329 g/mol. The summed E-state index contributed by atoms with van der Waals surface area (Å²) in [5, 5.41) is 3.07. The first kappa shape index (κ1) is 16.0. The number of nitrogens with zero attached hydrogens (tertiary/aromatic N) is 2. The van der Waals surface area contributed by atoms with Crippen LogP contribution in [-0.4, -0.2) is 48.1 Å². The molecule has 1 saturated carbocycles. The van der Waals surface area contributed by atoms with Crippen molar-refractivity contribution in [3.8, 4) is 0 Å². The Hall–Kier alpha value is -1.46. The van der Waals surface area contributed by atoms with Crippen molar-refractivity contribution in [3.05, 3.63) is 30.1 Å². The third-order valence-corrected chi connectivity index (χ3v) is 6.01. The maximum Gasteiger partial charge on any atom is 0.226 e. The summed E-state index contributed by atoms with van der Waals surface area (Å²) in [5.74, 6) is 1.08. The molecule has 3 aliphatic rings. The molecule has 0 bridgehead atoms. The van der Waals surface area contributed by atoms with E-state index in [0.717, 1.165) is 31.4 Å². The van der Waals surface area contributed by atoms with Crippen LogP contribution in [0, 0.1) is 17.8 Å². The number of ether oxygens (including phenoxy) is 1. The molecule has 2 aliphatic heterocycles. The minimum Gasteiger partial charge on any atom is -0.380 e. The van der Waals surface area contributed by atoms with Crippen molar-refractivity contribution in [1.82, 2.24) is 15.2 Å². The highest BCUT2D eigenvalue weighted by Crippen LogP contribution is 2.37. The van der Waals surface area contributed by atoms with Crippen LogP contribution in [0.5, 0.6) is 0 Å². The molecular formula is C19H27N3O2. The van der Waals surface area contributed by atoms with Gasteiger partial charge in [0.25, 0.3) is 0 Å². The number of aromatic nitrogens is 1. The number of carbonyl (C=O) groups is 1. The molecule has 3 atom stereocenters. The molecular weight excluding hydrogens is 302 g/mol. The molecule has 5 heteroatoms. The van der Waals surface area contributed by atoms with Crippen LogP contribution in [-0.2, 0) is 16.1 Å². The van der Waals surface area contributed by atoms with Crippen molar-refractivity contribution in [2.24, 2.45) is 17.8 Å². The molecule has 1 N–H and O–H groups in total. The van der Waals surface area contributed by atoms with E-state index in [2.05, 4.69) is 15.2 Å². The SMILES string of the molecule is O=C(NCc1ccccn1)[C@H]1COC[C@H]2CN(C3CCCC3)C[C@H]21. The fourth-order valence-electron chi connectivity index (χ4n) is 4.68. The molecule has 1 amide bonds. The van der Waals surface area contributed by atoms with Crippen molar-refractivity contribution in [1.29, 1.82) is 0 Å². The predicted octanol–water partition coefficient (Wildman–Crippen LogP) is 1.83. The van der Waals surface area contributed by atoms with E-state index in [1.165, 1.54) is 25.7 Å². The third kappa shape index (κ3) is 3.33. The van der Waals surface area contributed by atoms with Gasteiger partial charge in [-0.2, -0.15) is 0 Å². The molecule has 3 heterocycles. The van der Waals surface area contributed by atoms with Gasteiger partial charge in [0.15, 0.2) is 0 Å². The zero-order valence-corrected chi connectivity index (χ0v) is 14.2. The molecule has 0 aromatic carbocycles. The molecule has 130 valence electrons. The lowest BCUT2D eigenvalue weighted by atomic mass is 9.82. The highest BCUT2D eigenvalue weighted by atomic mass is 16.5. The van der Waals surface area contributed by atoms with Gasteiger partial charge >= 0.3 is 0 Å². The Morgan fingerprint density at radius 1 is 1.25 bits per heavy atom. The average Bonchev–Trinajstić information content (AvgIpc) is 3.29. The van der Waals surface area contributed by atoms with Crippen LogP contribution in [0.2, 0.25) is 0 Å². The second kappa shape index (κ2) is 7.19. The van der Waals surface area contributed by atoms with Gasteiger partial charge in [-0.1, -0.05) is 18.9 Å². The Kier molecular flexibility index (Phi) is 4.81. The number of rotatable bonds is 4. The molecule has 2 saturated heterocycles. The van der Waals surface area contributed by atoms with E-state index in [1.807, 2.05) is 18.2 Å². The van der Waals surface area contributed by atoms with Crippen LogP contribution >= 0.6 is 0 Å². The number of carbonyl (C=O) groups excluding carboxylic acids is 1. The number of hydrogen-bond acceptors (Lipinski definition) is 4. The van der Waals surface area contributed by atoms with Gasteiger partial charge < -0.3 is 10.1 Å². The number of hydrogen-bond donors (Lipinski definition) is 1. The van der Waals surface area contributed by atoms with Gasteiger partial charge in [-0.05, 0) is 36.8 Å². The fraction of sp³-hybridized carbons (Fsp3) is 0.684. The first-order valence-corrected chi connectivity index (χ1v) is 9.30. The van der Waals surface area contributed by atoms with Crippen LogP contribution in [0.4, 0.5) is 0 Å². The number of amides is 1. The zero-order chi connectivity index (χ0) is 16.4. The molecule has 0 spiro atoms. The Balaban J connectivity index is 1.36. The summed E-state index contributed by atoms with van der Waals surface area (Å²) in [7, 11) is 0. The van der Waals surface area contributed by atoms with Gasteiger partial charge in [0, 0.05) is 25.3 Å². The van der Waals surface area contributed by atoms with Crippen molar-refractivity contribution in [2.45, 2.75) is 38.3 Å². The maximum atomic E-state index is 12.7. The molecule has 0 unspecified atom stereocenters. The van der Waals surface area contributed by atoms with Gasteiger partial charge in [0.05, 0.1) is 31.4 Å². The number of pyridine rings is 1. The fourth-order valence-corrected chi connectivity index (χ4v) is 4.68. The topological polar surface area (TPSA) is 54.5 Å². The van der Waals surface area contributed by atoms with E-state index in [1.54, 1.807) is 6.20 Å². The van der Waals surface area contributed by atoms with E-state index in [-0.39, 0.29) is 11.8 Å². The summed E-state index contributed by atoms with van der Waals surface area (Å²) in [5.41, 5.74) is 0.901. The van der Waals surface area contributed by atoms with Gasteiger partial charge in [0.1, 0.15) is 0 Å². The minimum atomic E-state index is -0.0149. The first-order chi connectivity index (χ1) is 11.8. The minimum absolute atomic E-state index is 0.0149. The van der Waals surface area contributed by atoms with Gasteiger partial charge in [-0.15, -0.1) is 0 Å². The molecule has 3 fully saturated rings. The average molecular weight is 329 g/mol. The summed E-state index contributed by atoms with van der Waals surface area (Å²) in [4.78, 5) is 19.6. The summed E-state index contributed by atoms with van der Waals surface area (Å²) >= 11 is 0. The largest absolute Gasteiger partial charge is 0.380 e. The lowest BCUT2D eigenvalue weighted by Gasteiger charge is -2.32. The van der Waals surface area contributed by atoms with Crippen molar-refractivity contribution in [3.63, 3.8) is 0 Å². The van der Waals surface area contributed by atoms with Crippen LogP contribution < -0.4 is 5.32 Å². The van der Waals surface area contributed by atoms with Crippen LogP contribution in [0.25, 0.3) is 0 Å². The molecule has 1 aromatic heterocycles. The van der Waals surface area contributed by atoms with E-state index < -0.39 is 0 Å². The molecule has 4 rings (SSSR count). The second-order valence-corrected chi connectivity index (χ2v) is 7.50. The third-order valence-electron chi connectivity index (χ3n) is 6.01. The molecule has 0 radical (unpaired) electrons. The Morgan fingerprint density at radius 2 is 2.12 bits per heavy atom. The zero-order valence-electron chi connectivity index (χ0n) is 14.2. The smallest absolute Gasteiger partial charge is 0.226 e. The molecule has 1 aliphatic carbocycles. The first-order valence-electron chi connectivity index (χ1n) is 9.30. The quantitative estimate of drug-likeness (QED) is 0.916. The standard InChI is InChI=1S/C19H27N3O2/c23-19(21-9-15-5-3-4-8-20-15)18-13-24-12-14-10-22(11-17(14)18)16-6-1-2-7-16/h3-5,8,14,16-18H,1-2,6-7,9-13H2,(H,21,23)/t14-,17-,18+/m1/s1. The van der Waals surface area contributed by atoms with E-state index >= 15 is 0 Å². The van der Waals surface area contributed by atoms with Crippen molar-refractivity contribution >= 4 is 5.91 Å². The summed E-state index contributed by atoms with van der Waals surface area (Å²) in [6.45, 7) is 4.06. The van der Waals surface area contributed by atoms with Crippen molar-refractivity contribution < 1.29 is 9.53 Å². The second-order valence-electron chi connectivity index (χ2n) is 7.50. The van der Waals surface area contributed by atoms with Crippen LogP contribution in [0.15, 0.2) is 24.4 Å². The van der Waals surface area contributed by atoms with Crippen molar-refractivity contribution in [2.75, 3.05) is 26.3 Å². The Labute approximate surface area is 143 Å². The van der Waals surface area contributed by atoms with Crippen LogP contribution in [0.3, 0.4) is 0 Å². The lowest BCUT2D eigenvalue weighted by molar-refractivity contribution is -0.133. The number of fused-ring (bicyclic) bond motifs is 1. The van der Waals surface area contributed by atoms with Gasteiger partial charge in [0.2, 0.25) is 5.91 Å². The van der Waals surface area contributed by atoms with E-state index in [0.29, 0.717) is 25.0 Å². The van der Waals surface area contributed by atoms with E-state index in [9.17, 15) is 4.79 Å². The number of likely N-dealkylation sites (tertiary alicyclic amines) is 1. The predicted molar refractivity (Wildman–Crippen MR) is 91.2 cm³/mol. The van der Waals surface area contributed by atoms with Gasteiger partial charge in [-0.3, -0.25) is 14.7 Å². The van der Waals surface area contributed by atoms with Gasteiger partial charge in [-0.25, -0.2) is 0 Å². The molecule has 5 nitrogen and oxygen atoms in total. The summed E-state index contributed by atoms with van der Waals surface area (Å²) in [6, 6.07) is 6.52. The lowest BCUT2D eigenvalue weighted by Crippen LogP contribution is -2.44. The summed E-state index contributed by atoms with van der Waals surface area (Å²) < 4.78 is 5.78. The maximum absolute atomic E-state index is 12.7. The highest BCUT2D eigenvalue weighted by Gasteiger charge is 2.45. The van der Waals surface area contributed by atoms with Crippen LogP contribution in [0.1, 0.15) is 31.4 Å². The summed E-state index contributed by atoms with van der Waals surface area (Å²) in [6.07, 6.45) is 7.15. The molecule has 24 heavy (non-hydrogen) atoms.